The molecule has 29 heavy (non-hydrogen) atoms. The van der Waals surface area contributed by atoms with Crippen LogP contribution in [-0.2, 0) is 11.3 Å². The van der Waals surface area contributed by atoms with Gasteiger partial charge in [0.2, 0.25) is 6.79 Å². The Hall–Kier alpha value is -1.99. The van der Waals surface area contributed by atoms with Crippen LogP contribution < -0.4 is 14.4 Å². The van der Waals surface area contributed by atoms with E-state index >= 15 is 0 Å². The van der Waals surface area contributed by atoms with Gasteiger partial charge in [-0.15, -0.1) is 0 Å². The summed E-state index contributed by atoms with van der Waals surface area (Å²) in [6.45, 7) is 7.40. The topological polar surface area (TPSA) is 54.4 Å². The second-order valence-corrected chi connectivity index (χ2v) is 8.01. The van der Waals surface area contributed by atoms with Crippen molar-refractivity contribution in [2.75, 3.05) is 51.0 Å². The van der Waals surface area contributed by atoms with Crippen LogP contribution in [0, 0.1) is 6.92 Å². The predicted molar refractivity (Wildman–Crippen MR) is 113 cm³/mol. The van der Waals surface area contributed by atoms with Crippen LogP contribution in [0.2, 0.25) is 5.02 Å². The summed E-state index contributed by atoms with van der Waals surface area (Å²) in [5, 5.41) is 11.1. The molecule has 156 valence electrons. The van der Waals surface area contributed by atoms with Crippen LogP contribution in [0.3, 0.4) is 0 Å². The SMILES string of the molecule is Cc1ccc(Cl)cc1N1CCN(CC(O)COCc2ccc3c(c2)OCO3)CC1. The van der Waals surface area contributed by atoms with Gasteiger partial charge in [-0.1, -0.05) is 23.7 Å². The Morgan fingerprint density at radius 3 is 2.69 bits per heavy atom. The lowest BCUT2D eigenvalue weighted by atomic mass is 10.1. The summed E-state index contributed by atoms with van der Waals surface area (Å²) in [5.74, 6) is 1.51. The number of aliphatic hydroxyl groups is 1. The first-order valence-electron chi connectivity index (χ1n) is 9.96. The van der Waals surface area contributed by atoms with Crippen molar-refractivity contribution in [3.8, 4) is 11.5 Å². The fraction of sp³-hybridized carbons (Fsp3) is 0.455. The molecule has 1 unspecified atom stereocenters. The summed E-state index contributed by atoms with van der Waals surface area (Å²) in [6.07, 6.45) is -0.511. The Balaban J connectivity index is 1.19. The van der Waals surface area contributed by atoms with E-state index in [4.69, 9.17) is 25.8 Å². The standard InChI is InChI=1S/C22H27ClN2O4/c1-16-2-4-18(23)11-20(16)25-8-6-24(7-9-25)12-19(26)14-27-13-17-3-5-21-22(10-17)29-15-28-21/h2-5,10-11,19,26H,6-9,12-15H2,1H3. The Bertz CT molecular complexity index is 840. The van der Waals surface area contributed by atoms with Crippen LogP contribution in [-0.4, -0.2) is 62.2 Å². The van der Waals surface area contributed by atoms with Crippen LogP contribution in [0.4, 0.5) is 5.69 Å². The summed E-state index contributed by atoms with van der Waals surface area (Å²) in [4.78, 5) is 4.64. The molecule has 1 N–H and O–H groups in total. The monoisotopic (exact) mass is 418 g/mol. The van der Waals surface area contributed by atoms with Crippen LogP contribution >= 0.6 is 11.6 Å². The minimum atomic E-state index is -0.511. The molecule has 6 nitrogen and oxygen atoms in total. The van der Waals surface area contributed by atoms with E-state index in [-0.39, 0.29) is 6.79 Å². The maximum atomic E-state index is 10.4. The first-order chi connectivity index (χ1) is 14.1. The Labute approximate surface area is 176 Å². The highest BCUT2D eigenvalue weighted by Crippen LogP contribution is 2.32. The van der Waals surface area contributed by atoms with E-state index in [0.29, 0.717) is 19.8 Å². The molecule has 0 aromatic heterocycles. The van der Waals surface area contributed by atoms with E-state index < -0.39 is 6.10 Å². The highest BCUT2D eigenvalue weighted by atomic mass is 35.5. The van der Waals surface area contributed by atoms with Crippen LogP contribution in [0.5, 0.6) is 11.5 Å². The second-order valence-electron chi connectivity index (χ2n) is 7.58. The van der Waals surface area contributed by atoms with Gasteiger partial charge in [0, 0.05) is 43.4 Å². The summed E-state index contributed by atoms with van der Waals surface area (Å²) >= 11 is 6.16. The number of anilines is 1. The van der Waals surface area contributed by atoms with Gasteiger partial charge in [0.15, 0.2) is 11.5 Å². The molecular formula is C22H27ClN2O4. The quantitative estimate of drug-likeness (QED) is 0.745. The number of rotatable bonds is 7. The van der Waals surface area contributed by atoms with Gasteiger partial charge in [0.1, 0.15) is 0 Å². The molecule has 0 saturated carbocycles. The highest BCUT2D eigenvalue weighted by Gasteiger charge is 2.21. The van der Waals surface area contributed by atoms with Gasteiger partial charge in [-0.25, -0.2) is 0 Å². The lowest BCUT2D eigenvalue weighted by molar-refractivity contribution is 0.00911. The highest BCUT2D eigenvalue weighted by molar-refractivity contribution is 6.30. The molecule has 2 aliphatic rings. The van der Waals surface area contributed by atoms with E-state index in [0.717, 1.165) is 48.3 Å². The molecule has 1 saturated heterocycles. The average molecular weight is 419 g/mol. The van der Waals surface area contributed by atoms with Crippen molar-refractivity contribution in [1.29, 1.82) is 0 Å². The number of aryl methyl sites for hydroxylation is 1. The average Bonchev–Trinajstić information content (AvgIpc) is 3.18. The zero-order chi connectivity index (χ0) is 20.2. The molecule has 2 aromatic carbocycles. The third-order valence-electron chi connectivity index (χ3n) is 5.37. The number of ether oxygens (including phenoxy) is 3. The zero-order valence-electron chi connectivity index (χ0n) is 16.6. The van der Waals surface area contributed by atoms with E-state index in [2.05, 4.69) is 22.8 Å². The lowest BCUT2D eigenvalue weighted by Crippen LogP contribution is -2.49. The van der Waals surface area contributed by atoms with Gasteiger partial charge in [-0.2, -0.15) is 0 Å². The molecule has 1 atom stereocenters. The number of nitrogens with zero attached hydrogens (tertiary/aromatic N) is 2. The predicted octanol–water partition coefficient (Wildman–Crippen LogP) is 3.08. The molecule has 0 radical (unpaired) electrons. The molecule has 4 rings (SSSR count). The number of hydrogen-bond acceptors (Lipinski definition) is 6. The molecule has 2 heterocycles. The molecule has 0 amide bonds. The minimum absolute atomic E-state index is 0.266. The molecule has 7 heteroatoms. The van der Waals surface area contributed by atoms with Gasteiger partial charge in [0.25, 0.3) is 0 Å². The number of hydrogen-bond donors (Lipinski definition) is 1. The molecule has 0 spiro atoms. The summed E-state index contributed by atoms with van der Waals surface area (Å²) in [5.41, 5.74) is 3.44. The zero-order valence-corrected chi connectivity index (χ0v) is 17.4. The largest absolute Gasteiger partial charge is 0.454 e. The van der Waals surface area contributed by atoms with Crippen molar-refractivity contribution in [1.82, 2.24) is 4.90 Å². The minimum Gasteiger partial charge on any atom is -0.454 e. The first kappa shape index (κ1) is 20.3. The van der Waals surface area contributed by atoms with Crippen molar-refractivity contribution in [2.45, 2.75) is 19.6 Å². The van der Waals surface area contributed by atoms with Crippen LogP contribution in [0.15, 0.2) is 36.4 Å². The van der Waals surface area contributed by atoms with Gasteiger partial charge >= 0.3 is 0 Å². The van der Waals surface area contributed by atoms with Crippen molar-refractivity contribution in [3.63, 3.8) is 0 Å². The smallest absolute Gasteiger partial charge is 0.231 e. The fourth-order valence-corrected chi connectivity index (χ4v) is 3.96. The van der Waals surface area contributed by atoms with Crippen molar-refractivity contribution in [3.05, 3.63) is 52.5 Å². The molecule has 2 aromatic rings. The Morgan fingerprint density at radius 2 is 1.86 bits per heavy atom. The maximum absolute atomic E-state index is 10.4. The van der Waals surface area contributed by atoms with Gasteiger partial charge in [0.05, 0.1) is 19.3 Å². The number of piperazine rings is 1. The lowest BCUT2D eigenvalue weighted by Gasteiger charge is -2.37. The number of benzene rings is 2. The van der Waals surface area contributed by atoms with Crippen molar-refractivity contribution < 1.29 is 19.3 Å². The van der Waals surface area contributed by atoms with E-state index in [1.165, 1.54) is 11.3 Å². The Kier molecular flexibility index (Phi) is 6.45. The van der Waals surface area contributed by atoms with Gasteiger partial charge < -0.3 is 24.2 Å². The molecule has 0 aliphatic carbocycles. The number of aliphatic hydroxyl groups excluding tert-OH is 1. The third-order valence-corrected chi connectivity index (χ3v) is 5.60. The van der Waals surface area contributed by atoms with Crippen molar-refractivity contribution in [2.24, 2.45) is 0 Å². The summed E-state index contributed by atoms with van der Waals surface area (Å²) < 4.78 is 16.4. The molecule has 0 bridgehead atoms. The van der Waals surface area contributed by atoms with Crippen LogP contribution in [0.25, 0.3) is 0 Å². The van der Waals surface area contributed by atoms with Gasteiger partial charge in [-0.3, -0.25) is 4.90 Å². The summed E-state index contributed by atoms with van der Waals surface area (Å²) in [6, 6.07) is 11.8. The van der Waals surface area contributed by atoms with E-state index in [9.17, 15) is 5.11 Å². The van der Waals surface area contributed by atoms with E-state index in [1.807, 2.05) is 30.3 Å². The summed E-state index contributed by atoms with van der Waals surface area (Å²) in [7, 11) is 0. The normalized spacial score (nSPS) is 17.6. The second kappa shape index (κ2) is 9.22. The first-order valence-corrected chi connectivity index (χ1v) is 10.3. The number of β-amino-alcohol motifs (C(OH)–C–C–N with tert-alkyl or cyclic N) is 1. The number of halogens is 1. The maximum Gasteiger partial charge on any atom is 0.231 e. The molecule has 1 fully saturated rings. The molecular weight excluding hydrogens is 392 g/mol. The fourth-order valence-electron chi connectivity index (χ4n) is 3.79. The number of fused-ring (bicyclic) bond motifs is 1. The van der Waals surface area contributed by atoms with E-state index in [1.54, 1.807) is 0 Å². The van der Waals surface area contributed by atoms with Crippen molar-refractivity contribution >= 4 is 17.3 Å². The molecule has 2 aliphatic heterocycles. The third kappa shape index (κ3) is 5.14. The van der Waals surface area contributed by atoms with Gasteiger partial charge in [-0.05, 0) is 42.3 Å². The van der Waals surface area contributed by atoms with Crippen LogP contribution in [0.1, 0.15) is 11.1 Å². The Morgan fingerprint density at radius 1 is 1.07 bits per heavy atom.